The van der Waals surface area contributed by atoms with E-state index in [1.54, 1.807) is 0 Å². The van der Waals surface area contributed by atoms with Crippen LogP contribution in [0.3, 0.4) is 0 Å². The zero-order valence-corrected chi connectivity index (χ0v) is 22.0. The first-order valence-corrected chi connectivity index (χ1v) is 13.3. The van der Waals surface area contributed by atoms with Gasteiger partial charge in [0.2, 0.25) is 0 Å². The molecule has 38 heavy (non-hydrogen) atoms. The van der Waals surface area contributed by atoms with Gasteiger partial charge in [-0.2, -0.15) is 5.10 Å². The van der Waals surface area contributed by atoms with Crippen LogP contribution >= 0.6 is 11.8 Å². The first-order valence-electron chi connectivity index (χ1n) is 12.3. The molecule has 0 saturated carbocycles. The second-order valence-corrected chi connectivity index (χ2v) is 9.75. The Bertz CT molecular complexity index is 1540. The van der Waals surface area contributed by atoms with E-state index in [0.717, 1.165) is 39.5 Å². The summed E-state index contributed by atoms with van der Waals surface area (Å²) in [7, 11) is 0. The average Bonchev–Trinajstić information content (AvgIpc) is 3.40. The Morgan fingerprint density at radius 2 is 1.39 bits per heavy atom. The first kappa shape index (κ1) is 25.2. The highest BCUT2D eigenvalue weighted by Gasteiger charge is 2.17. The molecular formula is C31H27N5OS. The minimum atomic E-state index is -0.213. The zero-order valence-electron chi connectivity index (χ0n) is 21.2. The molecule has 0 spiro atoms. The molecule has 188 valence electrons. The van der Waals surface area contributed by atoms with Crippen LogP contribution in [0.2, 0.25) is 0 Å². The molecule has 0 unspecified atom stereocenters. The van der Waals surface area contributed by atoms with Gasteiger partial charge in [-0.15, -0.1) is 10.2 Å². The number of nitrogens with one attached hydrogen (secondary N) is 1. The fourth-order valence-corrected chi connectivity index (χ4v) is 4.72. The number of nitrogens with zero attached hydrogens (tertiary/aromatic N) is 4. The summed E-state index contributed by atoms with van der Waals surface area (Å²) in [4.78, 5) is 12.7. The Balaban J connectivity index is 1.27. The van der Waals surface area contributed by atoms with Crippen LogP contribution in [0, 0.1) is 6.92 Å². The third kappa shape index (κ3) is 5.90. The van der Waals surface area contributed by atoms with Crippen molar-refractivity contribution in [3.63, 3.8) is 0 Å². The third-order valence-electron chi connectivity index (χ3n) is 6.05. The third-order valence-corrected chi connectivity index (χ3v) is 6.98. The van der Waals surface area contributed by atoms with Gasteiger partial charge in [-0.25, -0.2) is 5.43 Å². The molecule has 7 heteroatoms. The molecule has 0 saturated heterocycles. The minimum absolute atomic E-state index is 0.155. The molecule has 1 amide bonds. The zero-order chi connectivity index (χ0) is 26.3. The number of carbonyl (C=O) groups is 1. The molecule has 0 aliphatic rings. The molecule has 0 bridgehead atoms. The number of carbonyl (C=O) groups excluding carboxylic acids is 1. The molecule has 1 heterocycles. The molecule has 5 rings (SSSR count). The van der Waals surface area contributed by atoms with E-state index in [9.17, 15) is 4.79 Å². The van der Waals surface area contributed by atoms with Crippen LogP contribution in [-0.4, -0.2) is 32.1 Å². The number of aryl methyl sites for hydroxylation is 1. The second kappa shape index (κ2) is 11.7. The molecule has 1 N–H and O–H groups in total. The van der Waals surface area contributed by atoms with Crippen molar-refractivity contribution in [1.82, 2.24) is 20.2 Å². The average molecular weight is 518 g/mol. The van der Waals surface area contributed by atoms with Crippen LogP contribution in [0.25, 0.3) is 28.2 Å². The van der Waals surface area contributed by atoms with Crippen molar-refractivity contribution in [2.24, 2.45) is 5.10 Å². The van der Waals surface area contributed by atoms with Gasteiger partial charge >= 0.3 is 0 Å². The summed E-state index contributed by atoms with van der Waals surface area (Å²) in [6.07, 6.45) is 0. The van der Waals surface area contributed by atoms with Crippen molar-refractivity contribution in [3.8, 4) is 28.2 Å². The van der Waals surface area contributed by atoms with Crippen LogP contribution in [0.15, 0.2) is 119 Å². The van der Waals surface area contributed by atoms with Gasteiger partial charge in [0.15, 0.2) is 11.0 Å². The molecular weight excluding hydrogens is 490 g/mol. The Labute approximate surface area is 226 Å². The lowest BCUT2D eigenvalue weighted by Gasteiger charge is -2.10. The SMILES string of the molecule is C/C(=N/NC(=O)CSc1nnc(-c2ccccc2)n1-c1ccc(C)cc1)c1ccc(-c2ccccc2)cc1. The van der Waals surface area contributed by atoms with Crippen LogP contribution in [0.4, 0.5) is 0 Å². The Morgan fingerprint density at radius 1 is 0.789 bits per heavy atom. The normalized spacial score (nSPS) is 11.4. The maximum absolute atomic E-state index is 12.7. The predicted octanol–water partition coefficient (Wildman–Crippen LogP) is 6.54. The lowest BCUT2D eigenvalue weighted by Crippen LogP contribution is -2.21. The molecule has 1 aromatic heterocycles. The Kier molecular flexibility index (Phi) is 7.75. The van der Waals surface area contributed by atoms with Crippen molar-refractivity contribution in [3.05, 3.63) is 120 Å². The van der Waals surface area contributed by atoms with Gasteiger partial charge in [0.25, 0.3) is 5.91 Å². The van der Waals surface area contributed by atoms with E-state index in [0.29, 0.717) is 5.16 Å². The van der Waals surface area contributed by atoms with Crippen molar-refractivity contribution < 1.29 is 4.79 Å². The maximum atomic E-state index is 12.7. The summed E-state index contributed by atoms with van der Waals surface area (Å²) in [5.74, 6) is 0.669. The molecule has 4 aromatic carbocycles. The molecule has 0 fully saturated rings. The predicted molar refractivity (Wildman–Crippen MR) is 154 cm³/mol. The van der Waals surface area contributed by atoms with Crippen LogP contribution < -0.4 is 5.43 Å². The van der Waals surface area contributed by atoms with Gasteiger partial charge in [0.05, 0.1) is 11.5 Å². The van der Waals surface area contributed by atoms with E-state index in [-0.39, 0.29) is 11.7 Å². The summed E-state index contributed by atoms with van der Waals surface area (Å²) in [6.45, 7) is 3.93. The van der Waals surface area contributed by atoms with Gasteiger partial charge in [-0.1, -0.05) is 114 Å². The summed E-state index contributed by atoms with van der Waals surface area (Å²) in [5.41, 5.74) is 9.71. The lowest BCUT2D eigenvalue weighted by atomic mass is 10.0. The lowest BCUT2D eigenvalue weighted by molar-refractivity contribution is -0.118. The highest BCUT2D eigenvalue weighted by Crippen LogP contribution is 2.28. The number of hydrogen-bond acceptors (Lipinski definition) is 5. The Morgan fingerprint density at radius 3 is 2.05 bits per heavy atom. The minimum Gasteiger partial charge on any atom is -0.272 e. The van der Waals surface area contributed by atoms with E-state index in [2.05, 4.69) is 57.1 Å². The summed E-state index contributed by atoms with van der Waals surface area (Å²) in [5, 5.41) is 13.8. The molecule has 0 aliphatic heterocycles. The van der Waals surface area contributed by atoms with E-state index in [1.165, 1.54) is 17.3 Å². The second-order valence-electron chi connectivity index (χ2n) is 8.81. The highest BCUT2D eigenvalue weighted by molar-refractivity contribution is 7.99. The number of rotatable bonds is 8. The fourth-order valence-electron chi connectivity index (χ4n) is 3.97. The van der Waals surface area contributed by atoms with Crippen molar-refractivity contribution >= 4 is 23.4 Å². The van der Waals surface area contributed by atoms with Gasteiger partial charge in [-0.3, -0.25) is 9.36 Å². The van der Waals surface area contributed by atoms with Gasteiger partial charge in [0, 0.05) is 11.3 Å². The van der Waals surface area contributed by atoms with Crippen LogP contribution in [-0.2, 0) is 4.79 Å². The summed E-state index contributed by atoms with van der Waals surface area (Å²) >= 11 is 1.32. The summed E-state index contributed by atoms with van der Waals surface area (Å²) < 4.78 is 1.98. The van der Waals surface area contributed by atoms with Crippen LogP contribution in [0.5, 0.6) is 0 Å². The van der Waals surface area contributed by atoms with Gasteiger partial charge < -0.3 is 0 Å². The fraction of sp³-hybridized carbons (Fsp3) is 0.0968. The van der Waals surface area contributed by atoms with E-state index in [4.69, 9.17) is 0 Å². The molecule has 0 radical (unpaired) electrons. The molecule has 0 atom stereocenters. The van der Waals surface area contributed by atoms with Crippen LogP contribution in [0.1, 0.15) is 18.1 Å². The number of hydrazone groups is 1. The topological polar surface area (TPSA) is 72.2 Å². The largest absolute Gasteiger partial charge is 0.272 e. The van der Waals surface area contributed by atoms with Crippen molar-refractivity contribution in [2.75, 3.05) is 5.75 Å². The number of amides is 1. The number of hydrogen-bond donors (Lipinski definition) is 1. The van der Waals surface area contributed by atoms with E-state index >= 15 is 0 Å². The summed E-state index contributed by atoms with van der Waals surface area (Å²) in [6, 6.07) is 36.4. The first-order chi connectivity index (χ1) is 18.6. The van der Waals surface area contributed by atoms with Crippen molar-refractivity contribution in [2.45, 2.75) is 19.0 Å². The van der Waals surface area contributed by atoms with Gasteiger partial charge in [-0.05, 0) is 42.7 Å². The number of benzene rings is 4. The van der Waals surface area contributed by atoms with E-state index < -0.39 is 0 Å². The quantitative estimate of drug-likeness (QED) is 0.144. The van der Waals surface area contributed by atoms with Crippen molar-refractivity contribution in [1.29, 1.82) is 0 Å². The Hall–Kier alpha value is -4.49. The standard InChI is InChI=1S/C31H27N5OS/c1-22-13-19-28(20-14-22)36-30(27-11-7-4-8-12-27)34-35-31(36)38-21-29(37)33-32-23(2)24-15-17-26(18-16-24)25-9-5-3-6-10-25/h3-20H,21H2,1-2H3,(H,33,37)/b32-23-. The number of thioether (sulfide) groups is 1. The molecule has 0 aliphatic carbocycles. The molecule has 5 aromatic rings. The maximum Gasteiger partial charge on any atom is 0.250 e. The smallest absolute Gasteiger partial charge is 0.250 e. The number of aromatic nitrogens is 3. The van der Waals surface area contributed by atoms with E-state index in [1.807, 2.05) is 91.2 Å². The van der Waals surface area contributed by atoms with Gasteiger partial charge in [0.1, 0.15) is 0 Å². The molecule has 6 nitrogen and oxygen atoms in total. The highest BCUT2D eigenvalue weighted by atomic mass is 32.2. The monoisotopic (exact) mass is 517 g/mol.